The molecule has 1 N–H and O–H groups in total. The van der Waals surface area contributed by atoms with Gasteiger partial charge in [-0.15, -0.1) is 0 Å². The predicted octanol–water partition coefficient (Wildman–Crippen LogP) is 6.85. The SMILES string of the molecule is CCOC(=O)c1cnc2c(c1N[C@H]1C3CC[C@H](C3)[C@H]1CO[Si](C(C)C)(C(C)C)C(C)C)C=CC2. The molecule has 6 heteroatoms. The van der Waals surface area contributed by atoms with E-state index < -0.39 is 8.32 Å². The molecular weight excluding hydrogens is 440 g/mol. The zero-order chi connectivity index (χ0) is 24.6. The van der Waals surface area contributed by atoms with Crippen molar-refractivity contribution in [1.82, 2.24) is 4.98 Å². The van der Waals surface area contributed by atoms with Crippen molar-refractivity contribution in [3.63, 3.8) is 0 Å². The number of anilines is 1. The Morgan fingerprint density at radius 2 is 1.79 bits per heavy atom. The fourth-order valence-corrected chi connectivity index (χ4v) is 13.0. The fourth-order valence-electron chi connectivity index (χ4n) is 7.50. The maximum Gasteiger partial charge on any atom is 0.341 e. The van der Waals surface area contributed by atoms with E-state index in [1.807, 2.05) is 6.92 Å². The third-order valence-corrected chi connectivity index (χ3v) is 15.0. The number of ether oxygens (including phenoxy) is 1. The molecule has 34 heavy (non-hydrogen) atoms. The van der Waals surface area contributed by atoms with E-state index in [2.05, 4.69) is 64.0 Å². The molecule has 0 aromatic carbocycles. The number of nitrogens with zero attached hydrogens (tertiary/aromatic N) is 1. The fraction of sp³-hybridized carbons (Fsp3) is 0.714. The largest absolute Gasteiger partial charge is 0.462 e. The van der Waals surface area contributed by atoms with Gasteiger partial charge in [-0.1, -0.05) is 53.7 Å². The van der Waals surface area contributed by atoms with Crippen LogP contribution in [-0.2, 0) is 15.6 Å². The monoisotopic (exact) mass is 484 g/mol. The van der Waals surface area contributed by atoms with Gasteiger partial charge in [-0.3, -0.25) is 4.98 Å². The van der Waals surface area contributed by atoms with Crippen LogP contribution in [0, 0.1) is 17.8 Å². The number of esters is 1. The summed E-state index contributed by atoms with van der Waals surface area (Å²) in [4.78, 5) is 17.4. The number of carbonyl (C=O) groups excluding carboxylic acids is 1. The number of fused-ring (bicyclic) bond motifs is 3. The quantitative estimate of drug-likeness (QED) is 0.291. The molecule has 4 atom stereocenters. The number of carbonyl (C=O) groups is 1. The average molecular weight is 485 g/mol. The number of hydrogen-bond donors (Lipinski definition) is 1. The number of nitrogens with one attached hydrogen (secondary N) is 1. The second-order valence-electron chi connectivity index (χ2n) is 11.5. The maximum atomic E-state index is 12.8. The van der Waals surface area contributed by atoms with Crippen LogP contribution in [0.2, 0.25) is 16.6 Å². The molecular formula is C28H44N2O3Si. The van der Waals surface area contributed by atoms with Gasteiger partial charge in [-0.2, -0.15) is 0 Å². The van der Waals surface area contributed by atoms with Crippen molar-refractivity contribution in [3.05, 3.63) is 29.1 Å². The lowest BCUT2D eigenvalue weighted by atomic mass is 9.84. The summed E-state index contributed by atoms with van der Waals surface area (Å²) in [5, 5.41) is 3.90. The average Bonchev–Trinajstić information content (AvgIpc) is 3.50. The van der Waals surface area contributed by atoms with Crippen LogP contribution in [0.25, 0.3) is 6.08 Å². The van der Waals surface area contributed by atoms with Crippen LogP contribution in [0.4, 0.5) is 5.69 Å². The van der Waals surface area contributed by atoms with Gasteiger partial charge in [0.1, 0.15) is 5.56 Å². The third kappa shape index (κ3) is 4.37. The first-order valence-electron chi connectivity index (χ1n) is 13.5. The molecule has 0 spiro atoms. The van der Waals surface area contributed by atoms with E-state index in [1.165, 1.54) is 19.3 Å². The minimum atomic E-state index is -1.92. The first-order valence-corrected chi connectivity index (χ1v) is 15.6. The van der Waals surface area contributed by atoms with Gasteiger partial charge >= 0.3 is 5.97 Å². The molecule has 0 amide bonds. The van der Waals surface area contributed by atoms with Crippen LogP contribution in [0.15, 0.2) is 12.3 Å². The van der Waals surface area contributed by atoms with Crippen molar-refractivity contribution in [2.45, 2.75) is 96.8 Å². The summed E-state index contributed by atoms with van der Waals surface area (Å²) in [6, 6.07) is 0.325. The highest BCUT2D eigenvalue weighted by molar-refractivity contribution is 6.77. The lowest BCUT2D eigenvalue weighted by Gasteiger charge is -2.44. The Morgan fingerprint density at radius 3 is 2.44 bits per heavy atom. The molecule has 0 radical (unpaired) electrons. The first-order chi connectivity index (χ1) is 16.2. The number of aromatic nitrogens is 1. The number of allylic oxidation sites excluding steroid dienone is 1. The number of rotatable bonds is 10. The van der Waals surface area contributed by atoms with Crippen molar-refractivity contribution in [3.8, 4) is 0 Å². The molecule has 0 saturated heterocycles. The molecule has 2 saturated carbocycles. The van der Waals surface area contributed by atoms with Crippen LogP contribution in [0.3, 0.4) is 0 Å². The van der Waals surface area contributed by atoms with Crippen LogP contribution < -0.4 is 5.32 Å². The summed E-state index contributed by atoms with van der Waals surface area (Å²) in [6.07, 6.45) is 10.6. The topological polar surface area (TPSA) is 60.5 Å². The number of hydrogen-bond acceptors (Lipinski definition) is 5. The van der Waals surface area contributed by atoms with Gasteiger partial charge in [0.2, 0.25) is 0 Å². The van der Waals surface area contributed by atoms with Crippen molar-refractivity contribution >= 4 is 26.1 Å². The van der Waals surface area contributed by atoms with Gasteiger partial charge in [0.15, 0.2) is 8.32 Å². The van der Waals surface area contributed by atoms with Gasteiger partial charge in [0.05, 0.1) is 18.0 Å². The Labute approximate surface area is 207 Å². The molecule has 1 aromatic heterocycles. The van der Waals surface area contributed by atoms with Gasteiger partial charge < -0.3 is 14.5 Å². The van der Waals surface area contributed by atoms with Gasteiger partial charge in [-0.25, -0.2) is 4.79 Å². The Morgan fingerprint density at radius 1 is 1.12 bits per heavy atom. The molecule has 1 unspecified atom stereocenters. The maximum absolute atomic E-state index is 12.8. The van der Waals surface area contributed by atoms with Crippen molar-refractivity contribution in [1.29, 1.82) is 0 Å². The first kappa shape index (κ1) is 25.4. The molecule has 1 heterocycles. The lowest BCUT2D eigenvalue weighted by Crippen LogP contribution is -2.50. The molecule has 1 aromatic rings. The summed E-state index contributed by atoms with van der Waals surface area (Å²) in [5.41, 5.74) is 5.33. The highest BCUT2D eigenvalue weighted by Gasteiger charge is 2.51. The normalized spacial score (nSPS) is 25.6. The van der Waals surface area contributed by atoms with Crippen molar-refractivity contribution in [2.24, 2.45) is 17.8 Å². The molecule has 2 bridgehead atoms. The Bertz CT molecular complexity index is 905. The summed E-state index contributed by atoms with van der Waals surface area (Å²) >= 11 is 0. The Balaban J connectivity index is 1.62. The Hall–Kier alpha value is -1.66. The second kappa shape index (κ2) is 10.1. The highest BCUT2D eigenvalue weighted by atomic mass is 28.4. The van der Waals surface area contributed by atoms with Gasteiger partial charge in [-0.05, 0) is 54.6 Å². The van der Waals surface area contributed by atoms with E-state index >= 15 is 0 Å². The molecule has 0 aliphatic heterocycles. The summed E-state index contributed by atoms with van der Waals surface area (Å²) in [5.74, 6) is 1.53. The molecule has 3 aliphatic rings. The van der Waals surface area contributed by atoms with E-state index in [-0.39, 0.29) is 5.97 Å². The zero-order valence-electron chi connectivity index (χ0n) is 22.2. The Kier molecular flexibility index (Phi) is 7.58. The standard InChI is InChI=1S/C28H44N2O3Si/c1-8-32-28(31)23-15-29-25-11-9-10-22(25)27(23)30-26-21-13-12-20(14-21)24(26)16-33-34(17(2)3,18(4)5)19(6)7/h9-10,15,17-21,24,26H,8,11-14,16H2,1-7H3,(H,29,30)/t20-,21?,24-,26+/m1/s1. The minimum Gasteiger partial charge on any atom is -0.462 e. The van der Waals surface area contributed by atoms with E-state index in [1.54, 1.807) is 6.20 Å². The predicted molar refractivity (Wildman–Crippen MR) is 142 cm³/mol. The molecule has 188 valence electrons. The minimum absolute atomic E-state index is 0.289. The third-order valence-electron chi connectivity index (χ3n) is 8.92. The molecule has 4 rings (SSSR count). The summed E-state index contributed by atoms with van der Waals surface area (Å²) in [7, 11) is -1.92. The molecule has 3 aliphatic carbocycles. The zero-order valence-corrected chi connectivity index (χ0v) is 23.2. The summed E-state index contributed by atoms with van der Waals surface area (Å²) in [6.45, 7) is 17.2. The molecule has 5 nitrogen and oxygen atoms in total. The highest BCUT2D eigenvalue weighted by Crippen LogP contribution is 2.51. The smallest absolute Gasteiger partial charge is 0.341 e. The van der Waals surface area contributed by atoms with Gasteiger partial charge in [0.25, 0.3) is 0 Å². The van der Waals surface area contributed by atoms with Crippen LogP contribution in [-0.4, -0.2) is 38.5 Å². The van der Waals surface area contributed by atoms with Crippen LogP contribution in [0.1, 0.15) is 89.3 Å². The van der Waals surface area contributed by atoms with Gasteiger partial charge in [0, 0.05) is 36.7 Å². The van der Waals surface area contributed by atoms with Crippen molar-refractivity contribution < 1.29 is 14.0 Å². The van der Waals surface area contributed by atoms with Crippen LogP contribution in [0.5, 0.6) is 0 Å². The van der Waals surface area contributed by atoms with E-state index in [0.29, 0.717) is 52.6 Å². The van der Waals surface area contributed by atoms with Crippen LogP contribution >= 0.6 is 0 Å². The summed E-state index contributed by atoms with van der Waals surface area (Å²) < 4.78 is 12.5. The number of pyridine rings is 1. The van der Waals surface area contributed by atoms with E-state index in [4.69, 9.17) is 9.16 Å². The molecule has 2 fully saturated rings. The second-order valence-corrected chi connectivity index (χ2v) is 17.0. The lowest BCUT2D eigenvalue weighted by molar-refractivity contribution is 0.0527. The van der Waals surface area contributed by atoms with E-state index in [0.717, 1.165) is 30.0 Å². The van der Waals surface area contributed by atoms with E-state index in [9.17, 15) is 4.79 Å². The van der Waals surface area contributed by atoms with Crippen molar-refractivity contribution in [2.75, 3.05) is 18.5 Å².